The van der Waals surface area contributed by atoms with E-state index in [-0.39, 0.29) is 24.1 Å². The van der Waals surface area contributed by atoms with Crippen molar-refractivity contribution in [3.63, 3.8) is 0 Å². The number of aromatic nitrogens is 5. The number of H-pyrrole nitrogens is 1. The first-order valence-electron chi connectivity index (χ1n) is 11.2. The average Bonchev–Trinajstić information content (AvgIpc) is 3.28. The molecule has 1 saturated heterocycles. The Labute approximate surface area is 196 Å². The van der Waals surface area contributed by atoms with E-state index in [0.717, 1.165) is 35.0 Å². The largest absolute Gasteiger partial charge is 0.463 e. The van der Waals surface area contributed by atoms with Gasteiger partial charge < -0.3 is 19.2 Å². The van der Waals surface area contributed by atoms with Crippen LogP contribution in [0, 0.1) is 0 Å². The highest BCUT2D eigenvalue weighted by Crippen LogP contribution is 2.19. The van der Waals surface area contributed by atoms with E-state index in [0.29, 0.717) is 26.2 Å². The van der Waals surface area contributed by atoms with Gasteiger partial charge in [-0.25, -0.2) is 5.43 Å². The molecule has 0 atom stereocenters. The lowest BCUT2D eigenvalue weighted by molar-refractivity contribution is 0.0213. The van der Waals surface area contributed by atoms with Crippen LogP contribution >= 0.6 is 0 Å². The van der Waals surface area contributed by atoms with E-state index < -0.39 is 0 Å². The number of nitrogens with zero attached hydrogens (tertiary/aromatic N) is 5. The van der Waals surface area contributed by atoms with Gasteiger partial charge in [0, 0.05) is 53.8 Å². The summed E-state index contributed by atoms with van der Waals surface area (Å²) < 4.78 is 17.2. The number of benzene rings is 1. The standard InChI is InChI=1S/C24H25N7O3/c1-2-7-21-20(6-1)17(15-26-21)16-27-31-22-28-23(33-14-8-18-5-3-4-11-25-18)30-24(29-22)34-19-9-12-32-13-10-19/h1-7,11,15-16,19,26H,8-10,12-14H2,(H,28,29,30,31). The van der Waals surface area contributed by atoms with E-state index in [1.165, 1.54) is 0 Å². The molecule has 1 aliphatic rings. The van der Waals surface area contributed by atoms with Gasteiger partial charge in [0.25, 0.3) is 5.95 Å². The summed E-state index contributed by atoms with van der Waals surface area (Å²) in [6, 6.07) is 14.1. The van der Waals surface area contributed by atoms with Crippen LogP contribution in [0.25, 0.3) is 10.9 Å². The lowest BCUT2D eigenvalue weighted by atomic mass is 10.2. The minimum absolute atomic E-state index is 0.0138. The maximum absolute atomic E-state index is 5.98. The second-order valence-electron chi connectivity index (χ2n) is 7.73. The van der Waals surface area contributed by atoms with Gasteiger partial charge in [-0.2, -0.15) is 15.1 Å². The number of nitrogens with one attached hydrogen (secondary N) is 2. The number of hydrazone groups is 1. The Bertz CT molecular complexity index is 1240. The highest BCUT2D eigenvalue weighted by atomic mass is 16.5. The molecule has 0 radical (unpaired) electrons. The fourth-order valence-electron chi connectivity index (χ4n) is 3.60. The monoisotopic (exact) mass is 459 g/mol. The first kappa shape index (κ1) is 21.8. The van der Waals surface area contributed by atoms with Crippen LogP contribution in [0.2, 0.25) is 0 Å². The second-order valence-corrected chi connectivity index (χ2v) is 7.73. The third-order valence-electron chi connectivity index (χ3n) is 5.34. The quantitative estimate of drug-likeness (QED) is 0.289. The van der Waals surface area contributed by atoms with Crippen molar-refractivity contribution < 1.29 is 14.2 Å². The number of fused-ring (bicyclic) bond motifs is 1. The zero-order valence-corrected chi connectivity index (χ0v) is 18.6. The predicted molar refractivity (Wildman–Crippen MR) is 127 cm³/mol. The summed E-state index contributed by atoms with van der Waals surface area (Å²) in [5, 5.41) is 5.38. The second kappa shape index (κ2) is 10.7. The summed E-state index contributed by atoms with van der Waals surface area (Å²) in [5.74, 6) is 0.237. The number of hydrogen-bond donors (Lipinski definition) is 2. The Balaban J connectivity index is 1.29. The molecule has 2 N–H and O–H groups in total. The molecule has 174 valence electrons. The first-order valence-corrected chi connectivity index (χ1v) is 11.2. The van der Waals surface area contributed by atoms with Crippen molar-refractivity contribution in [1.82, 2.24) is 24.9 Å². The van der Waals surface area contributed by atoms with Gasteiger partial charge in [-0.05, 0) is 18.2 Å². The van der Waals surface area contributed by atoms with Gasteiger partial charge in [-0.15, -0.1) is 4.98 Å². The minimum atomic E-state index is -0.0138. The number of aromatic amines is 1. The van der Waals surface area contributed by atoms with Gasteiger partial charge in [0.15, 0.2) is 0 Å². The summed E-state index contributed by atoms with van der Waals surface area (Å²) in [7, 11) is 0. The maximum atomic E-state index is 5.98. The van der Waals surface area contributed by atoms with Crippen molar-refractivity contribution in [3.8, 4) is 12.0 Å². The average molecular weight is 460 g/mol. The van der Waals surface area contributed by atoms with Crippen LogP contribution in [0.15, 0.2) is 60.0 Å². The number of ether oxygens (including phenoxy) is 3. The smallest absolute Gasteiger partial charge is 0.324 e. The van der Waals surface area contributed by atoms with Gasteiger partial charge in [-0.3, -0.25) is 4.98 Å². The van der Waals surface area contributed by atoms with Crippen LogP contribution in [0.5, 0.6) is 12.0 Å². The third kappa shape index (κ3) is 5.65. The Kier molecular flexibility index (Phi) is 6.86. The number of hydrogen-bond acceptors (Lipinski definition) is 9. The number of para-hydroxylation sites is 1. The van der Waals surface area contributed by atoms with Gasteiger partial charge in [-0.1, -0.05) is 24.3 Å². The van der Waals surface area contributed by atoms with Crippen LogP contribution in [0.3, 0.4) is 0 Å². The molecule has 5 rings (SSSR count). The van der Waals surface area contributed by atoms with E-state index >= 15 is 0 Å². The topological polar surface area (TPSA) is 119 Å². The van der Waals surface area contributed by atoms with E-state index in [2.05, 4.69) is 35.4 Å². The SMILES string of the molecule is C(=NNc1nc(OCCc2ccccn2)nc(OC2CCOCC2)n1)c1c[nH]c2ccccc12. The normalized spacial score (nSPS) is 14.5. The zero-order valence-electron chi connectivity index (χ0n) is 18.6. The van der Waals surface area contributed by atoms with Gasteiger partial charge in [0.05, 0.1) is 26.0 Å². The van der Waals surface area contributed by atoms with Crippen LogP contribution in [0.1, 0.15) is 24.1 Å². The van der Waals surface area contributed by atoms with Crippen LogP contribution < -0.4 is 14.9 Å². The lowest BCUT2D eigenvalue weighted by Gasteiger charge is -2.22. The van der Waals surface area contributed by atoms with E-state index in [1.54, 1.807) is 12.4 Å². The summed E-state index contributed by atoms with van der Waals surface area (Å²) in [4.78, 5) is 20.6. The molecular weight excluding hydrogens is 434 g/mol. The number of rotatable bonds is 9. The molecular formula is C24H25N7O3. The fraction of sp³-hybridized carbons (Fsp3) is 0.292. The molecule has 0 aliphatic carbocycles. The van der Waals surface area contributed by atoms with Gasteiger partial charge >= 0.3 is 12.0 Å². The molecule has 3 aromatic heterocycles. The Morgan fingerprint density at radius 3 is 2.79 bits per heavy atom. The molecule has 0 saturated carbocycles. The van der Waals surface area contributed by atoms with E-state index in [4.69, 9.17) is 14.2 Å². The van der Waals surface area contributed by atoms with Crippen molar-refractivity contribution in [2.75, 3.05) is 25.2 Å². The van der Waals surface area contributed by atoms with Crippen molar-refractivity contribution in [3.05, 3.63) is 66.1 Å². The van der Waals surface area contributed by atoms with Crippen molar-refractivity contribution in [1.29, 1.82) is 0 Å². The Hall–Kier alpha value is -4.05. The van der Waals surface area contributed by atoms with Crippen LogP contribution in [-0.4, -0.2) is 57.1 Å². The molecule has 4 aromatic rings. The molecule has 10 nitrogen and oxygen atoms in total. The Morgan fingerprint density at radius 1 is 1.06 bits per heavy atom. The summed E-state index contributed by atoms with van der Waals surface area (Å²) in [6.07, 6.45) is 7.54. The molecule has 0 unspecified atom stereocenters. The highest BCUT2D eigenvalue weighted by molar-refractivity contribution is 5.99. The molecule has 1 aromatic carbocycles. The number of pyridine rings is 1. The third-order valence-corrected chi connectivity index (χ3v) is 5.34. The fourth-order valence-corrected chi connectivity index (χ4v) is 3.60. The highest BCUT2D eigenvalue weighted by Gasteiger charge is 2.18. The maximum Gasteiger partial charge on any atom is 0.324 e. The molecule has 10 heteroatoms. The van der Waals surface area contributed by atoms with E-state index in [1.807, 2.05) is 48.7 Å². The molecule has 0 amide bonds. The first-order chi connectivity index (χ1) is 16.8. The summed E-state index contributed by atoms with van der Waals surface area (Å²) in [6.45, 7) is 1.68. The van der Waals surface area contributed by atoms with Crippen molar-refractivity contribution >= 4 is 23.1 Å². The lowest BCUT2D eigenvalue weighted by Crippen LogP contribution is -2.26. The predicted octanol–water partition coefficient (Wildman–Crippen LogP) is 3.37. The van der Waals surface area contributed by atoms with E-state index in [9.17, 15) is 0 Å². The van der Waals surface area contributed by atoms with Crippen molar-refractivity contribution in [2.24, 2.45) is 5.10 Å². The molecule has 4 heterocycles. The van der Waals surface area contributed by atoms with Gasteiger partial charge in [0.1, 0.15) is 6.10 Å². The summed E-state index contributed by atoms with van der Waals surface area (Å²) in [5.41, 5.74) is 5.79. The number of anilines is 1. The molecule has 1 aliphatic heterocycles. The minimum Gasteiger partial charge on any atom is -0.463 e. The van der Waals surface area contributed by atoms with Crippen LogP contribution in [-0.2, 0) is 11.2 Å². The summed E-state index contributed by atoms with van der Waals surface area (Å²) >= 11 is 0. The molecule has 0 bridgehead atoms. The molecule has 34 heavy (non-hydrogen) atoms. The Morgan fingerprint density at radius 2 is 1.91 bits per heavy atom. The molecule has 1 fully saturated rings. The molecule has 0 spiro atoms. The van der Waals surface area contributed by atoms with Crippen LogP contribution in [0.4, 0.5) is 5.95 Å². The zero-order chi connectivity index (χ0) is 23.0. The van der Waals surface area contributed by atoms with Crippen molar-refractivity contribution in [2.45, 2.75) is 25.4 Å². The van der Waals surface area contributed by atoms with Gasteiger partial charge in [0.2, 0.25) is 0 Å².